The van der Waals surface area contributed by atoms with E-state index in [9.17, 15) is 18.0 Å². The molecular formula is C18H28N4O4S. The van der Waals surface area contributed by atoms with Crippen molar-refractivity contribution in [3.05, 3.63) is 29.8 Å². The number of carbonyl (C=O) groups excluding carboxylic acids is 2. The SMILES string of the molecule is CCCc1ccc(S(=O)(=O)N2CCN(CC(=O)NC(=O)NCC)CC2)cc1. The first-order chi connectivity index (χ1) is 12.9. The van der Waals surface area contributed by atoms with Gasteiger partial charge in [0.15, 0.2) is 0 Å². The van der Waals surface area contributed by atoms with Crippen LogP contribution in [0.3, 0.4) is 0 Å². The molecular weight excluding hydrogens is 368 g/mol. The van der Waals surface area contributed by atoms with E-state index in [0.29, 0.717) is 37.6 Å². The summed E-state index contributed by atoms with van der Waals surface area (Å²) in [6.45, 7) is 5.86. The lowest BCUT2D eigenvalue weighted by Gasteiger charge is -2.33. The summed E-state index contributed by atoms with van der Waals surface area (Å²) in [4.78, 5) is 25.3. The highest BCUT2D eigenvalue weighted by molar-refractivity contribution is 7.89. The molecule has 8 nitrogen and oxygen atoms in total. The number of benzene rings is 1. The van der Waals surface area contributed by atoms with Crippen LogP contribution in [0.1, 0.15) is 25.8 Å². The molecule has 1 aromatic carbocycles. The van der Waals surface area contributed by atoms with Gasteiger partial charge in [-0.2, -0.15) is 4.31 Å². The smallest absolute Gasteiger partial charge is 0.321 e. The molecule has 3 amide bonds. The number of aryl methyl sites for hydroxylation is 1. The summed E-state index contributed by atoms with van der Waals surface area (Å²) >= 11 is 0. The number of nitrogens with zero attached hydrogens (tertiary/aromatic N) is 2. The zero-order chi connectivity index (χ0) is 19.9. The predicted molar refractivity (Wildman–Crippen MR) is 103 cm³/mol. The summed E-state index contributed by atoms with van der Waals surface area (Å²) in [6.07, 6.45) is 1.94. The minimum atomic E-state index is -3.53. The van der Waals surface area contributed by atoms with E-state index in [1.807, 2.05) is 17.0 Å². The van der Waals surface area contributed by atoms with Crippen molar-refractivity contribution in [1.82, 2.24) is 19.8 Å². The lowest BCUT2D eigenvalue weighted by molar-refractivity contribution is -0.121. The molecule has 27 heavy (non-hydrogen) atoms. The van der Waals surface area contributed by atoms with Crippen LogP contribution in [0.4, 0.5) is 4.79 Å². The number of amides is 3. The van der Waals surface area contributed by atoms with E-state index in [4.69, 9.17) is 0 Å². The number of hydrogen-bond acceptors (Lipinski definition) is 5. The monoisotopic (exact) mass is 396 g/mol. The van der Waals surface area contributed by atoms with Gasteiger partial charge in [0, 0.05) is 32.7 Å². The number of rotatable bonds is 7. The van der Waals surface area contributed by atoms with Gasteiger partial charge in [-0.15, -0.1) is 0 Å². The number of sulfonamides is 1. The Kier molecular flexibility index (Phi) is 7.76. The van der Waals surface area contributed by atoms with Gasteiger partial charge in [0.1, 0.15) is 0 Å². The fourth-order valence-corrected chi connectivity index (χ4v) is 4.39. The number of nitrogens with one attached hydrogen (secondary N) is 2. The van der Waals surface area contributed by atoms with Crippen molar-refractivity contribution < 1.29 is 18.0 Å². The maximum atomic E-state index is 12.8. The van der Waals surface area contributed by atoms with Gasteiger partial charge in [0.25, 0.3) is 0 Å². The highest BCUT2D eigenvalue weighted by Crippen LogP contribution is 2.18. The molecule has 1 saturated heterocycles. The van der Waals surface area contributed by atoms with Crippen LogP contribution in [-0.4, -0.2) is 68.8 Å². The van der Waals surface area contributed by atoms with Gasteiger partial charge in [-0.25, -0.2) is 13.2 Å². The molecule has 0 saturated carbocycles. The van der Waals surface area contributed by atoms with Crippen molar-refractivity contribution in [3.63, 3.8) is 0 Å². The van der Waals surface area contributed by atoms with Crippen LogP contribution in [-0.2, 0) is 21.2 Å². The summed E-state index contributed by atoms with van der Waals surface area (Å²) in [5.74, 6) is -0.399. The first-order valence-electron chi connectivity index (χ1n) is 9.26. The fourth-order valence-electron chi connectivity index (χ4n) is 2.97. The van der Waals surface area contributed by atoms with Gasteiger partial charge in [0.2, 0.25) is 15.9 Å². The molecule has 2 rings (SSSR count). The molecule has 150 valence electrons. The van der Waals surface area contributed by atoms with E-state index >= 15 is 0 Å². The average molecular weight is 397 g/mol. The van der Waals surface area contributed by atoms with Crippen molar-refractivity contribution in [2.75, 3.05) is 39.3 Å². The Morgan fingerprint density at radius 3 is 2.22 bits per heavy atom. The molecule has 2 N–H and O–H groups in total. The van der Waals surface area contributed by atoms with Gasteiger partial charge in [-0.1, -0.05) is 25.5 Å². The lowest BCUT2D eigenvalue weighted by Crippen LogP contribution is -2.52. The first-order valence-corrected chi connectivity index (χ1v) is 10.7. The summed E-state index contributed by atoms with van der Waals surface area (Å²) in [5, 5.41) is 4.74. The van der Waals surface area contributed by atoms with Crippen molar-refractivity contribution in [3.8, 4) is 0 Å². The van der Waals surface area contributed by atoms with Crippen molar-refractivity contribution in [1.29, 1.82) is 0 Å². The molecule has 1 aromatic rings. The topological polar surface area (TPSA) is 98.8 Å². The molecule has 0 radical (unpaired) electrons. The van der Waals surface area contributed by atoms with E-state index in [1.165, 1.54) is 4.31 Å². The van der Waals surface area contributed by atoms with Crippen LogP contribution in [0.2, 0.25) is 0 Å². The Morgan fingerprint density at radius 2 is 1.67 bits per heavy atom. The zero-order valence-corrected chi connectivity index (χ0v) is 16.7. The number of imide groups is 1. The Labute approximate surface area is 161 Å². The molecule has 0 aromatic heterocycles. The molecule has 0 bridgehead atoms. The van der Waals surface area contributed by atoms with Crippen LogP contribution in [0.25, 0.3) is 0 Å². The average Bonchev–Trinajstić information content (AvgIpc) is 2.63. The highest BCUT2D eigenvalue weighted by Gasteiger charge is 2.29. The number of hydrogen-bond donors (Lipinski definition) is 2. The number of urea groups is 1. The largest absolute Gasteiger partial charge is 0.338 e. The normalized spacial score (nSPS) is 16.1. The molecule has 0 aliphatic carbocycles. The number of carbonyl (C=O) groups is 2. The Hall–Kier alpha value is -1.97. The van der Waals surface area contributed by atoms with Gasteiger partial charge >= 0.3 is 6.03 Å². The number of piperazine rings is 1. The fraction of sp³-hybridized carbons (Fsp3) is 0.556. The Morgan fingerprint density at radius 1 is 1.04 bits per heavy atom. The van der Waals surface area contributed by atoms with E-state index in [-0.39, 0.29) is 6.54 Å². The third-order valence-electron chi connectivity index (χ3n) is 4.39. The van der Waals surface area contributed by atoms with Crippen LogP contribution in [0.15, 0.2) is 29.2 Å². The highest BCUT2D eigenvalue weighted by atomic mass is 32.2. The second-order valence-electron chi connectivity index (χ2n) is 6.48. The molecule has 1 aliphatic heterocycles. The van der Waals surface area contributed by atoms with Gasteiger partial charge in [-0.05, 0) is 31.0 Å². The predicted octanol–water partition coefficient (Wildman–Crippen LogP) is 0.791. The van der Waals surface area contributed by atoms with Crippen molar-refractivity contribution in [2.45, 2.75) is 31.6 Å². The van der Waals surface area contributed by atoms with Crippen LogP contribution >= 0.6 is 0 Å². The molecule has 9 heteroatoms. The standard InChI is InChI=1S/C18H28N4O4S/c1-3-5-15-6-8-16(9-7-15)27(25,26)22-12-10-21(11-13-22)14-17(23)20-18(24)19-4-2/h6-9H,3-5,10-14H2,1-2H3,(H2,19,20,23,24). The van der Waals surface area contributed by atoms with E-state index in [0.717, 1.165) is 18.4 Å². The lowest BCUT2D eigenvalue weighted by atomic mass is 10.1. The van der Waals surface area contributed by atoms with Crippen LogP contribution in [0.5, 0.6) is 0 Å². The van der Waals surface area contributed by atoms with Crippen molar-refractivity contribution >= 4 is 22.0 Å². The summed E-state index contributed by atoms with van der Waals surface area (Å²) in [7, 11) is -3.53. The third-order valence-corrected chi connectivity index (χ3v) is 6.30. The van der Waals surface area contributed by atoms with Gasteiger partial charge in [0.05, 0.1) is 11.4 Å². The second kappa shape index (κ2) is 9.82. The van der Waals surface area contributed by atoms with Crippen molar-refractivity contribution in [2.24, 2.45) is 0 Å². The minimum Gasteiger partial charge on any atom is -0.338 e. The molecule has 1 fully saturated rings. The quantitative estimate of drug-likeness (QED) is 0.710. The first kappa shape index (κ1) is 21.3. The third kappa shape index (κ3) is 6.02. The molecule has 0 unspecified atom stereocenters. The Balaban J connectivity index is 1.88. The summed E-state index contributed by atoms with van der Waals surface area (Å²) < 4.78 is 27.0. The van der Waals surface area contributed by atoms with E-state index in [2.05, 4.69) is 17.6 Å². The van der Waals surface area contributed by atoms with Crippen LogP contribution < -0.4 is 10.6 Å². The molecule has 0 spiro atoms. The van der Waals surface area contributed by atoms with E-state index in [1.54, 1.807) is 19.1 Å². The van der Waals surface area contributed by atoms with Gasteiger partial charge in [-0.3, -0.25) is 15.0 Å². The molecule has 0 atom stereocenters. The van der Waals surface area contributed by atoms with E-state index < -0.39 is 22.0 Å². The van der Waals surface area contributed by atoms with Crippen LogP contribution in [0, 0.1) is 0 Å². The Bertz CT molecular complexity index is 741. The maximum Gasteiger partial charge on any atom is 0.321 e. The molecule has 1 aliphatic rings. The summed E-state index contributed by atoms with van der Waals surface area (Å²) in [5.41, 5.74) is 1.12. The maximum absolute atomic E-state index is 12.8. The molecule has 1 heterocycles. The minimum absolute atomic E-state index is 0.0662. The zero-order valence-electron chi connectivity index (χ0n) is 15.9. The second-order valence-corrected chi connectivity index (χ2v) is 8.42. The summed E-state index contributed by atoms with van der Waals surface area (Å²) in [6, 6.07) is 6.52. The van der Waals surface area contributed by atoms with Gasteiger partial charge < -0.3 is 5.32 Å².